The van der Waals surface area contributed by atoms with Crippen molar-refractivity contribution in [1.82, 2.24) is 0 Å². The second-order valence-corrected chi connectivity index (χ2v) is 7.18. The Bertz CT molecular complexity index is 1270. The van der Waals surface area contributed by atoms with Crippen molar-refractivity contribution in [2.24, 2.45) is 0 Å². The number of rotatable bonds is 3. The van der Waals surface area contributed by atoms with Gasteiger partial charge >= 0.3 is 0 Å². The van der Waals surface area contributed by atoms with Gasteiger partial charge in [-0.05, 0) is 27.6 Å². The van der Waals surface area contributed by atoms with Crippen LogP contribution in [0.25, 0.3) is 44.2 Å². The molecule has 0 atom stereocenters. The topological polar surface area (TPSA) is 26.0 Å². The van der Waals surface area contributed by atoms with Gasteiger partial charge in [0.15, 0.2) is 0 Å². The smallest absolute Gasteiger partial charge is 0.0480 e. The summed E-state index contributed by atoms with van der Waals surface area (Å²) in [6.07, 6.45) is 0. The molecule has 0 aliphatic heterocycles. The number of benzene rings is 5. The van der Waals surface area contributed by atoms with Gasteiger partial charge in [0.25, 0.3) is 0 Å². The normalized spacial score (nSPS) is 10.9. The number of nitrogens with two attached hydrogens (primary N) is 1. The van der Waals surface area contributed by atoms with E-state index in [0.717, 1.165) is 22.2 Å². The van der Waals surface area contributed by atoms with Crippen molar-refractivity contribution >= 4 is 16.5 Å². The lowest BCUT2D eigenvalue weighted by Crippen LogP contribution is -1.99. The third-order valence-corrected chi connectivity index (χ3v) is 5.44. The standard InChI is InChI=1S/C28H21N/c29-28-24-19-11-10-18-23(24)25(20-12-4-1-5-13-20)26(21-14-6-2-7-15-21)27(28)22-16-8-3-9-17-22/h1-19H,29H2. The van der Waals surface area contributed by atoms with Crippen LogP contribution in [0.15, 0.2) is 115 Å². The van der Waals surface area contributed by atoms with Crippen molar-refractivity contribution in [3.8, 4) is 33.4 Å². The van der Waals surface area contributed by atoms with E-state index in [4.69, 9.17) is 5.73 Å². The first kappa shape index (κ1) is 17.3. The molecule has 1 nitrogen and oxygen atoms in total. The van der Waals surface area contributed by atoms with Gasteiger partial charge in [-0.1, -0.05) is 115 Å². The Kier molecular flexibility index (Phi) is 4.34. The highest BCUT2D eigenvalue weighted by molar-refractivity contribution is 6.16. The van der Waals surface area contributed by atoms with Crippen LogP contribution in [0.1, 0.15) is 0 Å². The Morgan fingerprint density at radius 3 is 1.24 bits per heavy atom. The number of nitrogen functional groups attached to an aromatic ring is 1. The average molecular weight is 371 g/mol. The van der Waals surface area contributed by atoms with Crippen LogP contribution in [0.3, 0.4) is 0 Å². The van der Waals surface area contributed by atoms with Crippen LogP contribution < -0.4 is 5.73 Å². The monoisotopic (exact) mass is 371 g/mol. The van der Waals surface area contributed by atoms with E-state index in [1.54, 1.807) is 0 Å². The fourth-order valence-corrected chi connectivity index (χ4v) is 4.17. The van der Waals surface area contributed by atoms with E-state index < -0.39 is 0 Å². The van der Waals surface area contributed by atoms with Crippen LogP contribution in [0.2, 0.25) is 0 Å². The zero-order valence-electron chi connectivity index (χ0n) is 16.0. The van der Waals surface area contributed by atoms with Crippen LogP contribution >= 0.6 is 0 Å². The van der Waals surface area contributed by atoms with Crippen LogP contribution in [0, 0.1) is 0 Å². The molecule has 5 aromatic rings. The van der Waals surface area contributed by atoms with E-state index in [1.165, 1.54) is 27.6 Å². The second-order valence-electron chi connectivity index (χ2n) is 7.18. The third-order valence-electron chi connectivity index (χ3n) is 5.44. The molecule has 29 heavy (non-hydrogen) atoms. The minimum atomic E-state index is 0.824. The van der Waals surface area contributed by atoms with Crippen molar-refractivity contribution in [2.75, 3.05) is 5.73 Å². The van der Waals surface area contributed by atoms with E-state index in [2.05, 4.69) is 109 Å². The molecule has 0 radical (unpaired) electrons. The zero-order chi connectivity index (χ0) is 19.6. The molecular formula is C28H21N. The number of hydrogen-bond acceptors (Lipinski definition) is 1. The van der Waals surface area contributed by atoms with Gasteiger partial charge in [-0.25, -0.2) is 0 Å². The second kappa shape index (κ2) is 7.29. The molecule has 5 aromatic carbocycles. The molecular weight excluding hydrogens is 350 g/mol. The molecule has 0 saturated carbocycles. The Morgan fingerprint density at radius 2 is 0.724 bits per heavy atom. The highest BCUT2D eigenvalue weighted by Gasteiger charge is 2.21. The number of hydrogen-bond donors (Lipinski definition) is 1. The van der Waals surface area contributed by atoms with E-state index in [-0.39, 0.29) is 0 Å². The Balaban J connectivity index is 2.02. The van der Waals surface area contributed by atoms with Gasteiger partial charge in [0.1, 0.15) is 0 Å². The van der Waals surface area contributed by atoms with Gasteiger partial charge < -0.3 is 5.73 Å². The van der Waals surface area contributed by atoms with Crippen molar-refractivity contribution in [1.29, 1.82) is 0 Å². The first-order valence-electron chi connectivity index (χ1n) is 9.85. The fourth-order valence-electron chi connectivity index (χ4n) is 4.17. The highest BCUT2D eigenvalue weighted by Crippen LogP contribution is 2.48. The van der Waals surface area contributed by atoms with E-state index in [9.17, 15) is 0 Å². The largest absolute Gasteiger partial charge is 0.398 e. The maximum absolute atomic E-state index is 6.84. The molecule has 5 rings (SSSR count). The van der Waals surface area contributed by atoms with Gasteiger partial charge in [-0.2, -0.15) is 0 Å². The molecule has 0 aliphatic carbocycles. The lowest BCUT2D eigenvalue weighted by molar-refractivity contribution is 1.58. The average Bonchev–Trinajstić information content (AvgIpc) is 2.81. The first-order valence-corrected chi connectivity index (χ1v) is 9.85. The molecule has 138 valence electrons. The molecule has 0 heterocycles. The fraction of sp³-hybridized carbons (Fsp3) is 0. The molecule has 0 fully saturated rings. The third kappa shape index (κ3) is 2.97. The molecule has 0 spiro atoms. The number of anilines is 1. The number of fused-ring (bicyclic) bond motifs is 1. The minimum Gasteiger partial charge on any atom is -0.398 e. The summed E-state index contributed by atoms with van der Waals surface area (Å²) in [5.74, 6) is 0. The van der Waals surface area contributed by atoms with Crippen LogP contribution in [0.4, 0.5) is 5.69 Å². The molecule has 0 aliphatic rings. The summed E-state index contributed by atoms with van der Waals surface area (Å²) < 4.78 is 0. The van der Waals surface area contributed by atoms with Gasteiger partial charge in [0, 0.05) is 22.2 Å². The maximum Gasteiger partial charge on any atom is 0.0480 e. The minimum absolute atomic E-state index is 0.824. The lowest BCUT2D eigenvalue weighted by Gasteiger charge is -2.22. The lowest BCUT2D eigenvalue weighted by atomic mass is 9.83. The van der Waals surface area contributed by atoms with E-state index in [0.29, 0.717) is 0 Å². The summed E-state index contributed by atoms with van der Waals surface area (Å²) in [5.41, 5.74) is 14.6. The summed E-state index contributed by atoms with van der Waals surface area (Å²) in [7, 11) is 0. The van der Waals surface area contributed by atoms with Gasteiger partial charge in [-0.3, -0.25) is 0 Å². The van der Waals surface area contributed by atoms with Gasteiger partial charge in [0.05, 0.1) is 0 Å². The molecule has 0 aromatic heterocycles. The molecule has 0 unspecified atom stereocenters. The SMILES string of the molecule is Nc1c(-c2ccccc2)c(-c2ccccc2)c(-c2ccccc2)c2ccccc12. The Hall–Kier alpha value is -3.84. The maximum atomic E-state index is 6.84. The summed E-state index contributed by atoms with van der Waals surface area (Å²) >= 11 is 0. The van der Waals surface area contributed by atoms with Crippen LogP contribution in [0.5, 0.6) is 0 Å². The molecule has 0 bridgehead atoms. The highest BCUT2D eigenvalue weighted by atomic mass is 14.6. The molecule has 0 saturated heterocycles. The molecule has 1 heteroatoms. The van der Waals surface area contributed by atoms with Crippen LogP contribution in [-0.2, 0) is 0 Å². The quantitative estimate of drug-likeness (QED) is 0.328. The summed E-state index contributed by atoms with van der Waals surface area (Å²) in [6.45, 7) is 0. The summed E-state index contributed by atoms with van der Waals surface area (Å²) in [4.78, 5) is 0. The predicted octanol–water partition coefficient (Wildman–Crippen LogP) is 7.42. The van der Waals surface area contributed by atoms with Crippen LogP contribution in [-0.4, -0.2) is 0 Å². The summed E-state index contributed by atoms with van der Waals surface area (Å²) in [6, 6.07) is 40.1. The van der Waals surface area contributed by atoms with E-state index in [1.807, 2.05) is 6.07 Å². The van der Waals surface area contributed by atoms with Gasteiger partial charge in [-0.15, -0.1) is 0 Å². The van der Waals surface area contributed by atoms with Gasteiger partial charge in [0.2, 0.25) is 0 Å². The molecule has 0 amide bonds. The van der Waals surface area contributed by atoms with Crippen molar-refractivity contribution in [3.63, 3.8) is 0 Å². The first-order chi connectivity index (χ1) is 14.3. The molecule has 2 N–H and O–H groups in total. The predicted molar refractivity (Wildman–Crippen MR) is 125 cm³/mol. The zero-order valence-corrected chi connectivity index (χ0v) is 16.0. The van der Waals surface area contributed by atoms with Crippen molar-refractivity contribution in [2.45, 2.75) is 0 Å². The Morgan fingerprint density at radius 1 is 0.345 bits per heavy atom. The summed E-state index contributed by atoms with van der Waals surface area (Å²) in [5, 5.41) is 2.26. The van der Waals surface area contributed by atoms with Crippen molar-refractivity contribution in [3.05, 3.63) is 115 Å². The van der Waals surface area contributed by atoms with Crippen molar-refractivity contribution < 1.29 is 0 Å². The van der Waals surface area contributed by atoms with E-state index >= 15 is 0 Å². The Labute approximate surface area is 171 Å².